The highest BCUT2D eigenvalue weighted by atomic mass is 16.1. The van der Waals surface area contributed by atoms with E-state index in [2.05, 4.69) is 27.0 Å². The molecule has 6 nitrogen and oxygen atoms in total. The summed E-state index contributed by atoms with van der Waals surface area (Å²) in [5, 5.41) is 8.40. The summed E-state index contributed by atoms with van der Waals surface area (Å²) in [4.78, 5) is 28.2. The average molecular weight is 393 g/mol. The average Bonchev–Trinajstić information content (AvgIpc) is 3.36. The number of amides is 1. The molecule has 29 heavy (non-hydrogen) atoms. The fourth-order valence-electron chi connectivity index (χ4n) is 4.44. The van der Waals surface area contributed by atoms with E-state index in [1.807, 2.05) is 31.2 Å². The Bertz CT molecular complexity index is 1090. The summed E-state index contributed by atoms with van der Waals surface area (Å²) in [5.41, 5.74) is 3.97. The number of carbonyl (C=O) groups is 1. The van der Waals surface area contributed by atoms with Crippen LogP contribution in [-0.4, -0.2) is 20.7 Å². The summed E-state index contributed by atoms with van der Waals surface area (Å²) in [6.07, 6.45) is 8.31. The van der Waals surface area contributed by atoms with Gasteiger partial charge in [0.2, 0.25) is 0 Å². The lowest BCUT2D eigenvalue weighted by atomic mass is 10.0. The Hall–Kier alpha value is -2.89. The number of hydrogen-bond donors (Lipinski definition) is 2. The van der Waals surface area contributed by atoms with Gasteiger partial charge in [-0.25, -0.2) is 0 Å². The van der Waals surface area contributed by atoms with Crippen LogP contribution >= 0.6 is 0 Å². The smallest absolute Gasteiger partial charge is 0.253 e. The summed E-state index contributed by atoms with van der Waals surface area (Å²) >= 11 is 0. The predicted octanol–water partition coefficient (Wildman–Crippen LogP) is 4.03. The van der Waals surface area contributed by atoms with Gasteiger partial charge in [0.25, 0.3) is 11.5 Å². The summed E-state index contributed by atoms with van der Waals surface area (Å²) in [6, 6.07) is 8.18. The molecule has 1 aromatic carbocycles. The number of benzene rings is 1. The van der Waals surface area contributed by atoms with Crippen LogP contribution in [0.5, 0.6) is 0 Å². The van der Waals surface area contributed by atoms with Crippen molar-refractivity contribution in [3.05, 3.63) is 63.2 Å². The van der Waals surface area contributed by atoms with Gasteiger partial charge in [-0.05, 0) is 49.9 Å². The summed E-state index contributed by atoms with van der Waals surface area (Å²) < 4.78 is 2.07. The van der Waals surface area contributed by atoms with Crippen LogP contribution in [0.4, 0.5) is 0 Å². The first-order chi connectivity index (χ1) is 14.1. The predicted molar refractivity (Wildman–Crippen MR) is 114 cm³/mol. The third-order valence-corrected chi connectivity index (χ3v) is 5.86. The highest BCUT2D eigenvalue weighted by Crippen LogP contribution is 2.32. The van der Waals surface area contributed by atoms with E-state index in [4.69, 9.17) is 0 Å². The molecule has 0 aliphatic heterocycles. The van der Waals surface area contributed by atoms with Gasteiger partial charge in [0.15, 0.2) is 0 Å². The van der Waals surface area contributed by atoms with Crippen LogP contribution in [0.2, 0.25) is 0 Å². The number of hydrogen-bond acceptors (Lipinski definition) is 3. The topological polar surface area (TPSA) is 79.8 Å². The maximum absolute atomic E-state index is 12.9. The van der Waals surface area contributed by atoms with Crippen LogP contribution in [0.3, 0.4) is 0 Å². The van der Waals surface area contributed by atoms with Gasteiger partial charge < -0.3 is 10.3 Å². The quantitative estimate of drug-likeness (QED) is 0.665. The second-order valence-electron chi connectivity index (χ2n) is 7.98. The zero-order chi connectivity index (χ0) is 20.4. The number of pyridine rings is 1. The van der Waals surface area contributed by atoms with E-state index in [0.29, 0.717) is 17.2 Å². The van der Waals surface area contributed by atoms with Gasteiger partial charge in [0.1, 0.15) is 0 Å². The molecular formula is C23H28N4O2. The Balaban J connectivity index is 1.58. The third kappa shape index (κ3) is 3.84. The van der Waals surface area contributed by atoms with E-state index in [1.165, 1.54) is 12.8 Å². The highest BCUT2D eigenvalue weighted by Gasteiger charge is 2.21. The molecule has 1 saturated carbocycles. The largest absolute Gasteiger partial charge is 0.348 e. The van der Waals surface area contributed by atoms with Gasteiger partial charge in [0, 0.05) is 23.2 Å². The van der Waals surface area contributed by atoms with E-state index in [9.17, 15) is 9.59 Å². The molecular weight excluding hydrogens is 364 g/mol. The molecule has 152 valence electrons. The Morgan fingerprint density at radius 1 is 1.31 bits per heavy atom. The normalized spacial score (nSPS) is 14.6. The minimum atomic E-state index is -0.177. The van der Waals surface area contributed by atoms with Crippen molar-refractivity contribution in [1.82, 2.24) is 20.1 Å². The summed E-state index contributed by atoms with van der Waals surface area (Å²) in [6.45, 7) is 4.18. The van der Waals surface area contributed by atoms with Gasteiger partial charge in [-0.3, -0.25) is 14.3 Å². The van der Waals surface area contributed by atoms with E-state index >= 15 is 0 Å². The molecule has 0 radical (unpaired) electrons. The summed E-state index contributed by atoms with van der Waals surface area (Å²) in [7, 11) is 0. The van der Waals surface area contributed by atoms with E-state index in [1.54, 1.807) is 6.20 Å². The lowest BCUT2D eigenvalue weighted by molar-refractivity contribution is 0.0952. The maximum Gasteiger partial charge on any atom is 0.253 e. The van der Waals surface area contributed by atoms with Crippen molar-refractivity contribution in [2.24, 2.45) is 0 Å². The molecule has 1 aliphatic rings. The Kier molecular flexibility index (Phi) is 5.51. The number of nitrogens with one attached hydrogen (secondary N) is 2. The molecule has 2 aromatic heterocycles. The van der Waals surface area contributed by atoms with E-state index < -0.39 is 0 Å². The Labute approximate surface area is 170 Å². The summed E-state index contributed by atoms with van der Waals surface area (Å²) in [5.74, 6) is -0.177. The Morgan fingerprint density at radius 2 is 2.10 bits per heavy atom. The number of carbonyl (C=O) groups excluding carboxylic acids is 1. The first-order valence-corrected chi connectivity index (χ1v) is 10.5. The molecule has 6 heteroatoms. The highest BCUT2D eigenvalue weighted by molar-refractivity contribution is 6.06. The molecule has 2 N–H and O–H groups in total. The Morgan fingerprint density at radius 3 is 2.86 bits per heavy atom. The molecule has 0 saturated heterocycles. The minimum Gasteiger partial charge on any atom is -0.348 e. The number of nitrogens with zero attached hydrogens (tertiary/aromatic N) is 2. The molecule has 0 unspecified atom stereocenters. The lowest BCUT2D eigenvalue weighted by Crippen LogP contribution is -2.28. The molecule has 3 aromatic rings. The molecule has 0 spiro atoms. The number of aromatic amines is 1. The second-order valence-corrected chi connectivity index (χ2v) is 7.98. The number of aromatic nitrogens is 3. The molecule has 4 rings (SSSR count). The van der Waals surface area contributed by atoms with Crippen LogP contribution < -0.4 is 10.9 Å². The lowest BCUT2D eigenvalue weighted by Gasteiger charge is -2.12. The fraction of sp³-hybridized carbons (Fsp3) is 0.435. The van der Waals surface area contributed by atoms with Gasteiger partial charge in [-0.2, -0.15) is 5.10 Å². The minimum absolute atomic E-state index is 0.124. The van der Waals surface area contributed by atoms with Crippen molar-refractivity contribution < 1.29 is 4.79 Å². The van der Waals surface area contributed by atoms with Crippen LogP contribution in [0.15, 0.2) is 35.3 Å². The van der Waals surface area contributed by atoms with Gasteiger partial charge in [-0.15, -0.1) is 0 Å². The standard InChI is InChI=1S/C23H28N4O2/c1-3-7-16-12-15(2)26-23(29)19(16)13-24-22(28)18-10-6-11-21-20(18)14-25-27(21)17-8-4-5-9-17/h6,10-12,14,17H,3-5,7-9,13H2,1-2H3,(H,24,28)(H,26,29). The van der Waals surface area contributed by atoms with Crippen molar-refractivity contribution in [3.63, 3.8) is 0 Å². The molecule has 1 aliphatic carbocycles. The maximum atomic E-state index is 12.9. The van der Waals surface area contributed by atoms with Crippen LogP contribution in [-0.2, 0) is 13.0 Å². The van der Waals surface area contributed by atoms with Gasteiger partial charge in [-0.1, -0.05) is 32.3 Å². The number of aryl methyl sites for hydroxylation is 2. The van der Waals surface area contributed by atoms with E-state index in [0.717, 1.165) is 47.8 Å². The number of fused-ring (bicyclic) bond motifs is 1. The van der Waals surface area contributed by atoms with Crippen molar-refractivity contribution in [1.29, 1.82) is 0 Å². The second kappa shape index (κ2) is 8.23. The number of rotatable bonds is 6. The zero-order valence-corrected chi connectivity index (χ0v) is 17.1. The van der Waals surface area contributed by atoms with Crippen molar-refractivity contribution in [2.75, 3.05) is 0 Å². The molecule has 1 fully saturated rings. The first-order valence-electron chi connectivity index (χ1n) is 10.5. The van der Waals surface area contributed by atoms with Crippen molar-refractivity contribution >= 4 is 16.8 Å². The van der Waals surface area contributed by atoms with Crippen LogP contribution in [0, 0.1) is 6.92 Å². The van der Waals surface area contributed by atoms with Crippen molar-refractivity contribution in [3.8, 4) is 0 Å². The SMILES string of the molecule is CCCc1cc(C)[nH]c(=O)c1CNC(=O)c1cccc2c1cnn2C1CCCC1. The van der Waals surface area contributed by atoms with Gasteiger partial charge >= 0.3 is 0 Å². The third-order valence-electron chi connectivity index (χ3n) is 5.86. The van der Waals surface area contributed by atoms with Crippen LogP contribution in [0.1, 0.15) is 72.2 Å². The molecule has 2 heterocycles. The monoisotopic (exact) mass is 392 g/mol. The zero-order valence-electron chi connectivity index (χ0n) is 17.1. The van der Waals surface area contributed by atoms with Gasteiger partial charge in [0.05, 0.1) is 23.3 Å². The van der Waals surface area contributed by atoms with Crippen molar-refractivity contribution in [2.45, 2.75) is 65.0 Å². The molecule has 1 amide bonds. The van der Waals surface area contributed by atoms with E-state index in [-0.39, 0.29) is 18.0 Å². The number of H-pyrrole nitrogens is 1. The first kappa shape index (κ1) is 19.4. The molecule has 0 bridgehead atoms. The molecule has 0 atom stereocenters. The fourth-order valence-corrected chi connectivity index (χ4v) is 4.44. The van der Waals surface area contributed by atoms with Crippen LogP contribution in [0.25, 0.3) is 10.9 Å².